The zero-order chi connectivity index (χ0) is 26.1. The molecule has 6 nitrogen and oxygen atoms in total. The van der Waals surface area contributed by atoms with E-state index in [-0.39, 0.29) is 5.91 Å². The molecule has 1 aliphatic carbocycles. The van der Waals surface area contributed by atoms with E-state index in [0.29, 0.717) is 35.3 Å². The van der Waals surface area contributed by atoms with Gasteiger partial charge >= 0.3 is 0 Å². The van der Waals surface area contributed by atoms with Gasteiger partial charge in [-0.25, -0.2) is 0 Å². The lowest BCUT2D eigenvalue weighted by molar-refractivity contribution is -0.0241. The minimum atomic E-state index is -0.0895. The Morgan fingerprint density at radius 2 is 1.84 bits per heavy atom. The van der Waals surface area contributed by atoms with E-state index < -0.39 is 0 Å². The average molecular weight is 536 g/mol. The van der Waals surface area contributed by atoms with Gasteiger partial charge in [0.25, 0.3) is 5.91 Å². The summed E-state index contributed by atoms with van der Waals surface area (Å²) in [6, 6.07) is 14.8. The van der Waals surface area contributed by atoms with Gasteiger partial charge in [0.2, 0.25) is 0 Å². The largest absolute Gasteiger partial charge is 0.495 e. The number of carbonyl (C=O) groups is 1. The number of para-hydroxylation sites is 1. The van der Waals surface area contributed by atoms with Crippen molar-refractivity contribution in [2.45, 2.75) is 76.2 Å². The second-order valence-electron chi connectivity index (χ2n) is 11.3. The van der Waals surface area contributed by atoms with Crippen molar-refractivity contribution in [1.29, 1.82) is 0 Å². The molecule has 6 rings (SSSR count). The van der Waals surface area contributed by atoms with E-state index in [0.717, 1.165) is 54.3 Å². The third-order valence-corrected chi connectivity index (χ3v) is 8.82. The number of fused-ring (bicyclic) bond motifs is 3. The Kier molecular flexibility index (Phi) is 7.64. The molecule has 202 valence electrons. The molecule has 3 atom stereocenters. The predicted octanol–water partition coefficient (Wildman–Crippen LogP) is 6.05. The molecule has 2 aromatic carbocycles. The molecule has 0 spiro atoms. The zero-order valence-electron chi connectivity index (χ0n) is 22.2. The molecule has 1 amide bonds. The normalized spacial score (nSPS) is 23.2. The number of amides is 1. The number of carbonyl (C=O) groups excluding carboxylic acids is 1. The van der Waals surface area contributed by atoms with Crippen LogP contribution in [0.3, 0.4) is 0 Å². The molecule has 3 aromatic rings. The first kappa shape index (κ1) is 25.7. The van der Waals surface area contributed by atoms with E-state index in [9.17, 15) is 4.79 Å². The van der Waals surface area contributed by atoms with Gasteiger partial charge in [-0.2, -0.15) is 0 Å². The van der Waals surface area contributed by atoms with Gasteiger partial charge in [0, 0.05) is 54.9 Å². The highest BCUT2D eigenvalue weighted by molar-refractivity contribution is 6.30. The number of aromatic nitrogens is 1. The van der Waals surface area contributed by atoms with Gasteiger partial charge in [0.05, 0.1) is 24.3 Å². The fourth-order valence-electron chi connectivity index (χ4n) is 6.48. The number of hydrogen-bond acceptors (Lipinski definition) is 4. The number of piperidine rings is 1. The van der Waals surface area contributed by atoms with Gasteiger partial charge < -0.3 is 19.4 Å². The molecule has 1 N–H and O–H groups in total. The molecule has 1 saturated carbocycles. The maximum Gasteiger partial charge on any atom is 0.253 e. The van der Waals surface area contributed by atoms with Crippen LogP contribution in [0.1, 0.15) is 60.9 Å². The molecule has 3 heterocycles. The first-order valence-electron chi connectivity index (χ1n) is 14.1. The lowest BCUT2D eigenvalue weighted by Gasteiger charge is -2.39. The predicted molar refractivity (Wildman–Crippen MR) is 151 cm³/mol. The maximum absolute atomic E-state index is 13.3. The van der Waals surface area contributed by atoms with Crippen molar-refractivity contribution < 1.29 is 14.3 Å². The lowest BCUT2D eigenvalue weighted by atomic mass is 9.99. The molecule has 3 aliphatic rings. The lowest BCUT2D eigenvalue weighted by Crippen LogP contribution is -2.46. The van der Waals surface area contributed by atoms with Crippen LogP contribution < -0.4 is 10.1 Å². The number of halogens is 1. The van der Waals surface area contributed by atoms with Crippen molar-refractivity contribution in [3.8, 4) is 5.75 Å². The van der Waals surface area contributed by atoms with Crippen LogP contribution in [0.4, 0.5) is 0 Å². The number of nitrogens with zero attached hydrogens (tertiary/aromatic N) is 2. The number of rotatable bonds is 11. The second kappa shape index (κ2) is 11.3. The summed E-state index contributed by atoms with van der Waals surface area (Å²) in [5.41, 5.74) is 2.64. The highest BCUT2D eigenvalue weighted by atomic mass is 35.5. The molecule has 38 heavy (non-hydrogen) atoms. The van der Waals surface area contributed by atoms with Crippen LogP contribution in [0.2, 0.25) is 5.02 Å². The van der Waals surface area contributed by atoms with E-state index in [4.69, 9.17) is 21.1 Å². The Morgan fingerprint density at radius 3 is 2.58 bits per heavy atom. The minimum Gasteiger partial charge on any atom is -0.495 e. The Bertz CT molecular complexity index is 1270. The van der Waals surface area contributed by atoms with E-state index >= 15 is 0 Å². The molecular weight excluding hydrogens is 498 g/mol. The third kappa shape index (κ3) is 5.58. The highest BCUT2D eigenvalue weighted by Gasteiger charge is 2.41. The van der Waals surface area contributed by atoms with Crippen molar-refractivity contribution in [3.05, 3.63) is 64.8 Å². The van der Waals surface area contributed by atoms with Crippen molar-refractivity contribution in [3.63, 3.8) is 0 Å². The summed E-state index contributed by atoms with van der Waals surface area (Å²) < 4.78 is 14.2. The summed E-state index contributed by atoms with van der Waals surface area (Å²) in [6.07, 6.45) is 11.2. The molecule has 1 aromatic heterocycles. The van der Waals surface area contributed by atoms with Crippen LogP contribution in [0, 0.1) is 5.92 Å². The first-order chi connectivity index (χ1) is 18.6. The summed E-state index contributed by atoms with van der Waals surface area (Å²) in [5.74, 6) is 1.54. The summed E-state index contributed by atoms with van der Waals surface area (Å²) in [6.45, 7) is 3.33. The highest BCUT2D eigenvalue weighted by Crippen LogP contribution is 2.38. The summed E-state index contributed by atoms with van der Waals surface area (Å²) in [7, 11) is 1.69. The number of benzene rings is 2. The van der Waals surface area contributed by atoms with Gasteiger partial charge in [0.1, 0.15) is 5.75 Å². The third-order valence-electron chi connectivity index (χ3n) is 8.59. The number of methoxy groups -OCH3 is 1. The molecule has 0 radical (unpaired) electrons. The van der Waals surface area contributed by atoms with E-state index in [1.54, 1.807) is 7.11 Å². The van der Waals surface area contributed by atoms with Crippen molar-refractivity contribution in [2.24, 2.45) is 5.92 Å². The van der Waals surface area contributed by atoms with Gasteiger partial charge in [-0.15, -0.1) is 0 Å². The summed E-state index contributed by atoms with van der Waals surface area (Å²) in [5, 5.41) is 4.65. The number of ether oxygens (including phenoxy) is 2. The molecule has 7 heteroatoms. The number of aryl methyl sites for hydroxylation is 1. The van der Waals surface area contributed by atoms with Crippen molar-refractivity contribution >= 4 is 28.4 Å². The van der Waals surface area contributed by atoms with E-state index in [1.807, 2.05) is 48.7 Å². The fourth-order valence-corrected chi connectivity index (χ4v) is 6.69. The number of hydrogen-bond donors (Lipinski definition) is 1. The first-order valence-corrected chi connectivity index (χ1v) is 14.5. The summed E-state index contributed by atoms with van der Waals surface area (Å²) >= 11 is 6.11. The van der Waals surface area contributed by atoms with E-state index in [1.165, 1.54) is 38.5 Å². The standard InChI is InChI=1S/C31H38ClN3O3/c1-37-29-8-3-7-27-28(31(36)33-18-22-5-2-6-23(32)15-22)19-34(30(27)29)13-4-14-35-24-11-12-25(35)17-26(16-24)38-20-21-9-10-21/h2-3,5-8,15,19,21,24-26H,4,9-14,16-18,20H2,1H3,(H,33,36)/t24-,25+,26?. The quantitative estimate of drug-likeness (QED) is 0.325. The van der Waals surface area contributed by atoms with Crippen LogP contribution in [0.15, 0.2) is 48.7 Å². The fraction of sp³-hybridized carbons (Fsp3) is 0.516. The van der Waals surface area contributed by atoms with Crippen molar-refractivity contribution in [2.75, 3.05) is 20.3 Å². The molecular formula is C31H38ClN3O3. The van der Waals surface area contributed by atoms with E-state index in [2.05, 4.69) is 14.8 Å². The monoisotopic (exact) mass is 535 g/mol. The average Bonchev–Trinajstić information content (AvgIpc) is 3.64. The Hall–Kier alpha value is -2.54. The second-order valence-corrected chi connectivity index (χ2v) is 11.7. The van der Waals surface area contributed by atoms with Crippen LogP contribution in [0.5, 0.6) is 5.75 Å². The van der Waals surface area contributed by atoms with Crippen molar-refractivity contribution in [1.82, 2.24) is 14.8 Å². The Morgan fingerprint density at radius 1 is 1.05 bits per heavy atom. The van der Waals surface area contributed by atoms with Gasteiger partial charge in [-0.05, 0) is 74.6 Å². The molecule has 2 bridgehead atoms. The van der Waals surface area contributed by atoms with Gasteiger partial charge in [0.15, 0.2) is 0 Å². The molecule has 2 aliphatic heterocycles. The molecule has 1 unspecified atom stereocenters. The maximum atomic E-state index is 13.3. The van der Waals surface area contributed by atoms with Crippen LogP contribution >= 0.6 is 11.6 Å². The minimum absolute atomic E-state index is 0.0895. The molecule has 3 fully saturated rings. The zero-order valence-corrected chi connectivity index (χ0v) is 23.0. The smallest absolute Gasteiger partial charge is 0.253 e. The van der Waals surface area contributed by atoms with Crippen LogP contribution in [0.25, 0.3) is 10.9 Å². The van der Waals surface area contributed by atoms with Crippen LogP contribution in [-0.2, 0) is 17.8 Å². The summed E-state index contributed by atoms with van der Waals surface area (Å²) in [4.78, 5) is 16.0. The SMILES string of the molecule is COc1cccc2c(C(=O)NCc3cccc(Cl)c3)cn(CCCN3[C@@H]4CC[C@H]3CC(OCC3CC3)C4)c12. The topological polar surface area (TPSA) is 55.7 Å². The van der Waals surface area contributed by atoms with Crippen LogP contribution in [-0.4, -0.2) is 53.8 Å². The number of nitrogens with one attached hydrogen (secondary N) is 1. The Labute approximate surface area is 230 Å². The van der Waals surface area contributed by atoms with Gasteiger partial charge in [-0.1, -0.05) is 35.9 Å². The Balaban J connectivity index is 1.11. The van der Waals surface area contributed by atoms with Gasteiger partial charge in [-0.3, -0.25) is 9.69 Å². The molecule has 2 saturated heterocycles.